The van der Waals surface area contributed by atoms with E-state index in [1.807, 2.05) is 29.2 Å². The first-order valence-corrected chi connectivity index (χ1v) is 13.0. The molecule has 0 aromatic heterocycles. The van der Waals surface area contributed by atoms with E-state index in [-0.39, 0.29) is 29.3 Å². The van der Waals surface area contributed by atoms with Gasteiger partial charge in [-0.2, -0.15) is 0 Å². The second kappa shape index (κ2) is 9.47. The number of Topliss-reactive ketones (excluding diaryl/α,β-unsaturated/α-hetero) is 3. The van der Waals surface area contributed by atoms with E-state index >= 15 is 0 Å². The van der Waals surface area contributed by atoms with E-state index in [1.54, 1.807) is 55.6 Å². The van der Waals surface area contributed by atoms with Gasteiger partial charge in [0.1, 0.15) is 5.75 Å². The first-order chi connectivity index (χ1) is 18.9. The maximum atomic E-state index is 14.5. The van der Waals surface area contributed by atoms with Crippen molar-refractivity contribution >= 4 is 29.1 Å². The molecule has 8 heteroatoms. The van der Waals surface area contributed by atoms with Crippen LogP contribution in [0.5, 0.6) is 5.75 Å². The normalized spacial score (nSPS) is 23.0. The number of carbonyl (C=O) groups is 4. The van der Waals surface area contributed by atoms with Crippen LogP contribution in [0.1, 0.15) is 55.4 Å². The number of hydrogen-bond donors (Lipinski definition) is 1. The Labute approximate surface area is 225 Å². The number of ketones is 3. The van der Waals surface area contributed by atoms with Gasteiger partial charge in [0.25, 0.3) is 0 Å². The molecule has 6 rings (SSSR count). The lowest BCUT2D eigenvalue weighted by molar-refractivity contribution is 0.0472. The molecule has 3 unspecified atom stereocenters. The molecule has 3 atom stereocenters. The lowest BCUT2D eigenvalue weighted by Crippen LogP contribution is -2.58. The molecule has 3 aromatic carbocycles. The van der Waals surface area contributed by atoms with E-state index in [4.69, 9.17) is 4.74 Å². The van der Waals surface area contributed by atoms with Crippen LogP contribution >= 0.6 is 0 Å². The van der Waals surface area contributed by atoms with Crippen molar-refractivity contribution in [2.75, 3.05) is 26.1 Å². The van der Waals surface area contributed by atoms with E-state index in [2.05, 4.69) is 10.1 Å². The molecule has 0 bridgehead atoms. The van der Waals surface area contributed by atoms with Crippen LogP contribution in [0.25, 0.3) is 0 Å². The fourth-order valence-electron chi connectivity index (χ4n) is 6.86. The van der Waals surface area contributed by atoms with Gasteiger partial charge in [0, 0.05) is 34.3 Å². The van der Waals surface area contributed by atoms with Gasteiger partial charge in [-0.1, -0.05) is 36.4 Å². The number of fused-ring (bicyclic) bond motifs is 3. The molecule has 1 aliphatic carbocycles. The van der Waals surface area contributed by atoms with Crippen molar-refractivity contribution in [3.63, 3.8) is 0 Å². The fraction of sp³-hybridized carbons (Fsp3) is 0.290. The summed E-state index contributed by atoms with van der Waals surface area (Å²) in [6.45, 7) is 0.564. The van der Waals surface area contributed by atoms with E-state index in [0.29, 0.717) is 34.7 Å². The highest BCUT2D eigenvalue weighted by Crippen LogP contribution is 2.57. The monoisotopic (exact) mass is 524 g/mol. The molecule has 3 aromatic rings. The van der Waals surface area contributed by atoms with Crippen LogP contribution in [0.3, 0.4) is 0 Å². The van der Waals surface area contributed by atoms with Gasteiger partial charge in [0.15, 0.2) is 22.9 Å². The zero-order valence-corrected chi connectivity index (χ0v) is 21.7. The Balaban J connectivity index is 1.50. The number of nitrogens with one attached hydrogen (secondary N) is 1. The number of carbonyl (C=O) groups excluding carboxylic acids is 4. The molecule has 3 aliphatic rings. The summed E-state index contributed by atoms with van der Waals surface area (Å²) in [6.07, 6.45) is 0.996. The summed E-state index contributed by atoms with van der Waals surface area (Å²) in [5.74, 6) is -1.48. The topological polar surface area (TPSA) is 102 Å². The zero-order chi connectivity index (χ0) is 27.3. The summed E-state index contributed by atoms with van der Waals surface area (Å²) in [5, 5.41) is 2.58. The van der Waals surface area contributed by atoms with E-state index in [9.17, 15) is 19.2 Å². The summed E-state index contributed by atoms with van der Waals surface area (Å²) in [5.41, 5.74) is 0.870. The summed E-state index contributed by atoms with van der Waals surface area (Å²) < 4.78 is 10.0. The number of rotatable bonds is 5. The number of ether oxygens (including phenoxy) is 2. The third kappa shape index (κ3) is 3.62. The molecule has 8 nitrogen and oxygen atoms in total. The standard InChI is InChI=1S/C31H28N2O6/c1-38-21-15-11-18(12-16-21)25-24-8-5-17-33(24)31(28(35)22-6-3-4-7-23(22)29(31)36)26(25)27(34)19-9-13-20(14-10-19)32-30(37)39-2/h3-4,6-7,9-16,24-26H,5,8,17H2,1-2H3,(H,32,37). The number of hydrogen-bond acceptors (Lipinski definition) is 7. The number of anilines is 1. The van der Waals surface area contributed by atoms with Crippen molar-refractivity contribution in [3.8, 4) is 5.75 Å². The average Bonchev–Trinajstić information content (AvgIpc) is 3.62. The summed E-state index contributed by atoms with van der Waals surface area (Å²) in [6, 6.07) is 20.8. The highest BCUT2D eigenvalue weighted by molar-refractivity contribution is 6.35. The van der Waals surface area contributed by atoms with E-state index in [0.717, 1.165) is 18.4 Å². The van der Waals surface area contributed by atoms with E-state index < -0.39 is 17.6 Å². The molecule has 0 saturated carbocycles. The van der Waals surface area contributed by atoms with Crippen molar-refractivity contribution in [1.82, 2.24) is 4.90 Å². The number of methoxy groups -OCH3 is 2. The number of benzene rings is 3. The Kier molecular flexibility index (Phi) is 6.07. The first kappa shape index (κ1) is 25.0. The molecule has 198 valence electrons. The summed E-state index contributed by atoms with van der Waals surface area (Å²) in [7, 11) is 2.86. The van der Waals surface area contributed by atoms with Gasteiger partial charge in [-0.3, -0.25) is 24.6 Å². The highest BCUT2D eigenvalue weighted by Gasteiger charge is 2.72. The number of nitrogens with zero attached hydrogens (tertiary/aromatic N) is 1. The van der Waals surface area contributed by atoms with Crippen molar-refractivity contribution in [2.24, 2.45) is 5.92 Å². The van der Waals surface area contributed by atoms with Gasteiger partial charge < -0.3 is 9.47 Å². The zero-order valence-electron chi connectivity index (χ0n) is 21.7. The van der Waals surface area contributed by atoms with E-state index in [1.165, 1.54) is 7.11 Å². The van der Waals surface area contributed by atoms with Gasteiger partial charge >= 0.3 is 6.09 Å². The SMILES string of the molecule is COC(=O)Nc1ccc(C(=O)C2C(c3ccc(OC)cc3)C3CCCN3C23C(=O)c2ccccc2C3=O)cc1. The number of amides is 1. The Morgan fingerprint density at radius 2 is 1.54 bits per heavy atom. The second-order valence-electron chi connectivity index (χ2n) is 10.2. The maximum Gasteiger partial charge on any atom is 0.411 e. The van der Waals surface area contributed by atoms with Crippen molar-refractivity contribution in [2.45, 2.75) is 30.3 Å². The lowest BCUT2D eigenvalue weighted by atomic mass is 9.69. The van der Waals surface area contributed by atoms with Gasteiger partial charge in [0.05, 0.1) is 20.1 Å². The Morgan fingerprint density at radius 3 is 2.13 bits per heavy atom. The molecule has 2 heterocycles. The van der Waals surface area contributed by atoms with Crippen LogP contribution in [0.4, 0.5) is 10.5 Å². The second-order valence-corrected chi connectivity index (χ2v) is 10.2. The molecule has 2 aliphatic heterocycles. The Hall–Kier alpha value is -4.30. The lowest BCUT2D eigenvalue weighted by Gasteiger charge is -2.35. The quantitative estimate of drug-likeness (QED) is 0.380. The molecule has 2 saturated heterocycles. The van der Waals surface area contributed by atoms with Gasteiger partial charge in [-0.05, 0) is 61.3 Å². The molecule has 39 heavy (non-hydrogen) atoms. The Morgan fingerprint density at radius 1 is 0.897 bits per heavy atom. The van der Waals surface area contributed by atoms with Crippen molar-refractivity contribution in [1.29, 1.82) is 0 Å². The predicted octanol–water partition coefficient (Wildman–Crippen LogP) is 4.75. The minimum absolute atomic E-state index is 0.144. The maximum absolute atomic E-state index is 14.5. The average molecular weight is 525 g/mol. The van der Waals surface area contributed by atoms with Gasteiger partial charge in [-0.25, -0.2) is 4.79 Å². The van der Waals surface area contributed by atoms with Crippen molar-refractivity contribution in [3.05, 3.63) is 95.1 Å². The van der Waals surface area contributed by atoms with Gasteiger partial charge in [0.2, 0.25) is 0 Å². The van der Waals surface area contributed by atoms with Crippen LogP contribution < -0.4 is 10.1 Å². The first-order valence-electron chi connectivity index (χ1n) is 13.0. The van der Waals surface area contributed by atoms with Crippen LogP contribution in [0.15, 0.2) is 72.8 Å². The van der Waals surface area contributed by atoms with Crippen LogP contribution in [-0.2, 0) is 4.74 Å². The molecule has 1 spiro atoms. The third-order valence-corrected chi connectivity index (χ3v) is 8.47. The molecule has 1 amide bonds. The molecular weight excluding hydrogens is 496 g/mol. The summed E-state index contributed by atoms with van der Waals surface area (Å²) >= 11 is 0. The third-order valence-electron chi connectivity index (χ3n) is 8.47. The molecule has 2 fully saturated rings. The van der Waals surface area contributed by atoms with Crippen LogP contribution in [0.2, 0.25) is 0 Å². The fourth-order valence-corrected chi connectivity index (χ4v) is 6.86. The molecular formula is C31H28N2O6. The predicted molar refractivity (Wildman–Crippen MR) is 144 cm³/mol. The highest BCUT2D eigenvalue weighted by atomic mass is 16.5. The van der Waals surface area contributed by atoms with Crippen molar-refractivity contribution < 1.29 is 28.7 Å². The smallest absolute Gasteiger partial charge is 0.411 e. The largest absolute Gasteiger partial charge is 0.497 e. The van der Waals surface area contributed by atoms with Crippen LogP contribution in [-0.4, -0.2) is 60.7 Å². The van der Waals surface area contributed by atoms with Crippen LogP contribution in [0, 0.1) is 5.92 Å². The summed E-state index contributed by atoms with van der Waals surface area (Å²) in [4.78, 5) is 56.8. The minimum Gasteiger partial charge on any atom is -0.497 e. The minimum atomic E-state index is -1.60. The van der Waals surface area contributed by atoms with Gasteiger partial charge in [-0.15, -0.1) is 0 Å². The molecule has 0 radical (unpaired) electrons. The molecule has 1 N–H and O–H groups in total. The Bertz CT molecular complexity index is 1440.